The zero-order valence-corrected chi connectivity index (χ0v) is 11.5. The van der Waals surface area contributed by atoms with Crippen LogP contribution >= 0.6 is 0 Å². The lowest BCUT2D eigenvalue weighted by Crippen LogP contribution is -2.47. The molecule has 0 aromatic carbocycles. The first-order valence-corrected chi connectivity index (χ1v) is 6.46. The smallest absolute Gasteiger partial charge is 0.0789 e. The van der Waals surface area contributed by atoms with E-state index < -0.39 is 0 Å². The number of hydrogen-bond donors (Lipinski definition) is 1. The highest BCUT2D eigenvalue weighted by Crippen LogP contribution is 2.40. The van der Waals surface area contributed by atoms with Crippen LogP contribution in [0.1, 0.15) is 47.5 Å². The largest absolute Gasteiger partial charge is 0.368 e. The average molecular weight is 228 g/mol. The van der Waals surface area contributed by atoms with Gasteiger partial charge in [0.05, 0.1) is 11.2 Å². The van der Waals surface area contributed by atoms with Gasteiger partial charge in [0.1, 0.15) is 0 Å². The second-order valence-electron chi connectivity index (χ2n) is 5.96. The van der Waals surface area contributed by atoms with Crippen molar-refractivity contribution in [3.8, 4) is 0 Å². The van der Waals surface area contributed by atoms with E-state index in [0.717, 1.165) is 32.5 Å². The molecule has 1 atom stereocenters. The quantitative estimate of drug-likeness (QED) is 0.782. The summed E-state index contributed by atoms with van der Waals surface area (Å²) in [4.78, 5) is 2.52. The third-order valence-electron chi connectivity index (χ3n) is 3.52. The molecule has 0 saturated carbocycles. The summed E-state index contributed by atoms with van der Waals surface area (Å²) in [5, 5.41) is 0. The lowest BCUT2D eigenvalue weighted by molar-refractivity contribution is -0.0802. The van der Waals surface area contributed by atoms with Crippen molar-refractivity contribution in [3.05, 3.63) is 0 Å². The molecule has 0 aliphatic carbocycles. The van der Waals surface area contributed by atoms with E-state index in [-0.39, 0.29) is 11.2 Å². The Bertz CT molecular complexity index is 226. The van der Waals surface area contributed by atoms with Crippen LogP contribution in [0, 0.1) is 0 Å². The predicted octanol–water partition coefficient (Wildman–Crippen LogP) is 2.00. The SMILES string of the molecule is CCN(CCCN)C1CC(C)(C)OC1(C)C. The van der Waals surface area contributed by atoms with Crippen LogP contribution in [0.3, 0.4) is 0 Å². The van der Waals surface area contributed by atoms with Gasteiger partial charge in [-0.3, -0.25) is 4.90 Å². The van der Waals surface area contributed by atoms with Gasteiger partial charge < -0.3 is 10.5 Å². The second kappa shape index (κ2) is 5.03. The van der Waals surface area contributed by atoms with Crippen molar-refractivity contribution in [1.29, 1.82) is 0 Å². The normalized spacial score (nSPS) is 27.6. The first kappa shape index (κ1) is 13.9. The maximum atomic E-state index is 6.14. The van der Waals surface area contributed by atoms with Crippen molar-refractivity contribution < 1.29 is 4.74 Å². The van der Waals surface area contributed by atoms with Gasteiger partial charge in [0.25, 0.3) is 0 Å². The summed E-state index contributed by atoms with van der Waals surface area (Å²) in [7, 11) is 0. The molecule has 0 spiro atoms. The van der Waals surface area contributed by atoms with E-state index in [1.807, 2.05) is 0 Å². The van der Waals surface area contributed by atoms with E-state index in [1.165, 1.54) is 0 Å². The third-order valence-corrected chi connectivity index (χ3v) is 3.52. The summed E-state index contributed by atoms with van der Waals surface area (Å²) in [6, 6.07) is 0.513. The molecular formula is C13H28N2O. The molecule has 1 rings (SSSR count). The number of rotatable bonds is 5. The van der Waals surface area contributed by atoms with Crippen molar-refractivity contribution in [3.63, 3.8) is 0 Å². The lowest BCUT2D eigenvalue weighted by Gasteiger charge is -2.35. The van der Waals surface area contributed by atoms with Crippen molar-refractivity contribution >= 4 is 0 Å². The van der Waals surface area contributed by atoms with E-state index in [1.54, 1.807) is 0 Å². The molecule has 0 bridgehead atoms. The number of likely N-dealkylation sites (N-methyl/N-ethyl adjacent to an activating group) is 1. The van der Waals surface area contributed by atoms with Gasteiger partial charge >= 0.3 is 0 Å². The molecule has 1 heterocycles. The van der Waals surface area contributed by atoms with Crippen LogP contribution < -0.4 is 5.73 Å². The first-order valence-electron chi connectivity index (χ1n) is 6.46. The van der Waals surface area contributed by atoms with Crippen LogP contribution in [-0.2, 0) is 4.74 Å². The molecule has 16 heavy (non-hydrogen) atoms. The average Bonchev–Trinajstić information content (AvgIpc) is 2.36. The van der Waals surface area contributed by atoms with E-state index in [0.29, 0.717) is 6.04 Å². The van der Waals surface area contributed by atoms with E-state index in [9.17, 15) is 0 Å². The highest BCUT2D eigenvalue weighted by molar-refractivity contribution is 4.99. The summed E-state index contributed by atoms with van der Waals surface area (Å²) in [6.07, 6.45) is 2.18. The molecule has 1 unspecified atom stereocenters. The minimum Gasteiger partial charge on any atom is -0.368 e. The van der Waals surface area contributed by atoms with Crippen LogP contribution in [-0.4, -0.2) is 41.8 Å². The Morgan fingerprint density at radius 1 is 1.31 bits per heavy atom. The van der Waals surface area contributed by atoms with Crippen LogP contribution in [0.4, 0.5) is 0 Å². The summed E-state index contributed by atoms with van der Waals surface area (Å²) in [5.41, 5.74) is 5.55. The number of nitrogens with zero attached hydrogens (tertiary/aromatic N) is 1. The Morgan fingerprint density at radius 3 is 2.31 bits per heavy atom. The Balaban J connectivity index is 2.69. The molecule has 1 saturated heterocycles. The van der Waals surface area contributed by atoms with Crippen molar-refractivity contribution in [1.82, 2.24) is 4.90 Å². The first-order chi connectivity index (χ1) is 7.32. The molecule has 0 radical (unpaired) electrons. The van der Waals surface area contributed by atoms with Crippen molar-refractivity contribution in [2.75, 3.05) is 19.6 Å². The highest BCUT2D eigenvalue weighted by atomic mass is 16.5. The van der Waals surface area contributed by atoms with Crippen LogP contribution in [0.2, 0.25) is 0 Å². The van der Waals surface area contributed by atoms with Crippen LogP contribution in [0.25, 0.3) is 0 Å². The maximum Gasteiger partial charge on any atom is 0.0789 e. The zero-order chi connectivity index (χ0) is 12.4. The minimum absolute atomic E-state index is 0.00427. The van der Waals surface area contributed by atoms with E-state index in [4.69, 9.17) is 10.5 Å². The minimum atomic E-state index is -0.0475. The summed E-state index contributed by atoms with van der Waals surface area (Å²) < 4.78 is 6.14. The van der Waals surface area contributed by atoms with E-state index >= 15 is 0 Å². The van der Waals surface area contributed by atoms with Crippen molar-refractivity contribution in [2.24, 2.45) is 5.73 Å². The summed E-state index contributed by atoms with van der Waals surface area (Å²) in [5.74, 6) is 0. The molecule has 3 heteroatoms. The standard InChI is InChI=1S/C13H28N2O/c1-6-15(9-7-8-14)11-10-12(2,3)16-13(11,4)5/h11H,6-10,14H2,1-5H3. The Hall–Kier alpha value is -0.120. The number of nitrogens with two attached hydrogens (primary N) is 1. The molecule has 1 fully saturated rings. The van der Waals surface area contributed by atoms with Gasteiger partial charge in [-0.1, -0.05) is 6.92 Å². The molecule has 96 valence electrons. The van der Waals surface area contributed by atoms with Gasteiger partial charge in [-0.2, -0.15) is 0 Å². The molecule has 0 amide bonds. The van der Waals surface area contributed by atoms with Gasteiger partial charge in [0.15, 0.2) is 0 Å². The summed E-state index contributed by atoms with van der Waals surface area (Å²) in [6.45, 7) is 13.9. The molecule has 0 aromatic heterocycles. The fraction of sp³-hybridized carbons (Fsp3) is 1.00. The molecular weight excluding hydrogens is 200 g/mol. The van der Waals surface area contributed by atoms with Crippen LogP contribution in [0.5, 0.6) is 0 Å². The fourth-order valence-electron chi connectivity index (χ4n) is 2.93. The maximum absolute atomic E-state index is 6.14. The molecule has 1 aliphatic rings. The topological polar surface area (TPSA) is 38.5 Å². The Morgan fingerprint density at radius 2 is 1.94 bits per heavy atom. The van der Waals surface area contributed by atoms with Gasteiger partial charge in [-0.05, 0) is 60.2 Å². The molecule has 2 N–H and O–H groups in total. The van der Waals surface area contributed by atoms with Crippen molar-refractivity contribution in [2.45, 2.75) is 64.7 Å². The molecule has 0 aromatic rings. The second-order valence-corrected chi connectivity index (χ2v) is 5.96. The van der Waals surface area contributed by atoms with Gasteiger partial charge in [-0.25, -0.2) is 0 Å². The Labute approximate surface area is 100 Å². The summed E-state index contributed by atoms with van der Waals surface area (Å²) >= 11 is 0. The zero-order valence-electron chi connectivity index (χ0n) is 11.5. The third kappa shape index (κ3) is 3.19. The monoisotopic (exact) mass is 228 g/mol. The Kier molecular flexibility index (Phi) is 4.38. The van der Waals surface area contributed by atoms with Gasteiger partial charge in [0, 0.05) is 6.04 Å². The number of hydrogen-bond acceptors (Lipinski definition) is 3. The predicted molar refractivity (Wildman–Crippen MR) is 68.6 cm³/mol. The van der Waals surface area contributed by atoms with Gasteiger partial charge in [0.2, 0.25) is 0 Å². The lowest BCUT2D eigenvalue weighted by atomic mass is 9.93. The number of ether oxygens (including phenoxy) is 1. The molecule has 3 nitrogen and oxygen atoms in total. The van der Waals surface area contributed by atoms with E-state index in [2.05, 4.69) is 39.5 Å². The molecule has 1 aliphatic heterocycles. The highest BCUT2D eigenvalue weighted by Gasteiger charge is 2.47. The fourth-order valence-corrected chi connectivity index (χ4v) is 2.93. The van der Waals surface area contributed by atoms with Gasteiger partial charge in [-0.15, -0.1) is 0 Å². The van der Waals surface area contributed by atoms with Crippen LogP contribution in [0.15, 0.2) is 0 Å².